The fourth-order valence-corrected chi connectivity index (χ4v) is 1.40. The van der Waals surface area contributed by atoms with Crippen LogP contribution < -0.4 is 11.1 Å². The number of nitrogen functional groups attached to an aromatic ring is 1. The van der Waals surface area contributed by atoms with E-state index in [1.165, 1.54) is 0 Å². The zero-order valence-electron chi connectivity index (χ0n) is 9.90. The van der Waals surface area contributed by atoms with E-state index >= 15 is 0 Å². The van der Waals surface area contributed by atoms with Gasteiger partial charge < -0.3 is 15.6 Å². The molecule has 2 rings (SSSR count). The van der Waals surface area contributed by atoms with Crippen molar-refractivity contribution in [3.63, 3.8) is 0 Å². The molecule has 6 heteroatoms. The Morgan fingerprint density at radius 1 is 1.41 bits per heavy atom. The highest BCUT2D eigenvalue weighted by molar-refractivity contribution is 5.50. The van der Waals surface area contributed by atoms with Crippen LogP contribution in [-0.2, 0) is 6.42 Å². The predicted molar refractivity (Wildman–Crippen MR) is 64.6 cm³/mol. The molecule has 0 atom stereocenters. The average molecular weight is 233 g/mol. The summed E-state index contributed by atoms with van der Waals surface area (Å²) in [6, 6.07) is 1.91. The van der Waals surface area contributed by atoms with E-state index in [2.05, 4.69) is 20.4 Å². The van der Waals surface area contributed by atoms with E-state index in [-0.39, 0.29) is 0 Å². The van der Waals surface area contributed by atoms with E-state index in [0.29, 0.717) is 30.4 Å². The lowest BCUT2D eigenvalue weighted by Gasteiger charge is -2.05. The molecule has 0 aliphatic heterocycles. The molecule has 90 valence electrons. The summed E-state index contributed by atoms with van der Waals surface area (Å²) in [6.07, 6.45) is 2.32. The summed E-state index contributed by atoms with van der Waals surface area (Å²) in [6.45, 7) is 4.44. The topological polar surface area (TPSA) is 89.9 Å². The molecule has 0 saturated heterocycles. The van der Waals surface area contributed by atoms with Crippen molar-refractivity contribution in [2.75, 3.05) is 17.6 Å². The van der Waals surface area contributed by atoms with Crippen LogP contribution in [0.2, 0.25) is 0 Å². The number of anilines is 2. The van der Waals surface area contributed by atoms with Crippen molar-refractivity contribution < 1.29 is 4.52 Å². The van der Waals surface area contributed by atoms with Gasteiger partial charge in [0.05, 0.1) is 11.9 Å². The first-order chi connectivity index (χ1) is 8.15. The lowest BCUT2D eigenvalue weighted by Crippen LogP contribution is -2.07. The van der Waals surface area contributed by atoms with Crippen LogP contribution in [0.1, 0.15) is 17.3 Å². The number of aryl methyl sites for hydroxylation is 2. The largest absolute Gasteiger partial charge is 0.397 e. The molecule has 0 saturated carbocycles. The quantitative estimate of drug-likeness (QED) is 0.827. The molecule has 0 aliphatic rings. The van der Waals surface area contributed by atoms with E-state index in [1.54, 1.807) is 13.1 Å². The van der Waals surface area contributed by atoms with Crippen LogP contribution in [0.25, 0.3) is 0 Å². The molecule has 0 unspecified atom stereocenters. The lowest BCUT2D eigenvalue weighted by atomic mass is 10.2. The molecule has 17 heavy (non-hydrogen) atoms. The number of rotatable bonds is 4. The van der Waals surface area contributed by atoms with Gasteiger partial charge in [0.1, 0.15) is 5.82 Å². The van der Waals surface area contributed by atoms with Crippen molar-refractivity contribution in [1.82, 2.24) is 15.1 Å². The molecule has 0 bridgehead atoms. The van der Waals surface area contributed by atoms with Gasteiger partial charge in [-0.25, -0.2) is 4.98 Å². The second-order valence-corrected chi connectivity index (χ2v) is 3.84. The van der Waals surface area contributed by atoms with Gasteiger partial charge in [0, 0.05) is 13.0 Å². The number of pyridine rings is 1. The summed E-state index contributed by atoms with van der Waals surface area (Å²) in [5.41, 5.74) is 7.40. The Kier molecular flexibility index (Phi) is 3.22. The summed E-state index contributed by atoms with van der Waals surface area (Å²) < 4.78 is 5.00. The average Bonchev–Trinajstić information content (AvgIpc) is 2.70. The molecule has 0 radical (unpaired) electrons. The van der Waals surface area contributed by atoms with Crippen molar-refractivity contribution in [3.8, 4) is 0 Å². The Bertz CT molecular complexity index is 508. The van der Waals surface area contributed by atoms with Crippen LogP contribution in [0.4, 0.5) is 11.5 Å². The Hall–Kier alpha value is -2.11. The van der Waals surface area contributed by atoms with Crippen LogP contribution in [0.3, 0.4) is 0 Å². The Balaban J connectivity index is 1.87. The third kappa shape index (κ3) is 2.93. The molecular weight excluding hydrogens is 218 g/mol. The predicted octanol–water partition coefficient (Wildman–Crippen LogP) is 1.32. The van der Waals surface area contributed by atoms with Gasteiger partial charge in [-0.1, -0.05) is 5.16 Å². The zero-order chi connectivity index (χ0) is 12.3. The summed E-state index contributed by atoms with van der Waals surface area (Å²) in [5.74, 6) is 2.08. The highest BCUT2D eigenvalue weighted by Crippen LogP contribution is 2.12. The Morgan fingerprint density at radius 2 is 2.24 bits per heavy atom. The fourth-order valence-electron chi connectivity index (χ4n) is 1.40. The van der Waals surface area contributed by atoms with Gasteiger partial charge >= 0.3 is 0 Å². The van der Waals surface area contributed by atoms with Crippen LogP contribution in [0.15, 0.2) is 16.8 Å². The van der Waals surface area contributed by atoms with Crippen LogP contribution in [0.5, 0.6) is 0 Å². The third-order valence-corrected chi connectivity index (χ3v) is 2.37. The molecule has 0 fully saturated rings. The molecule has 2 heterocycles. The summed E-state index contributed by atoms with van der Waals surface area (Å²) >= 11 is 0. The lowest BCUT2D eigenvalue weighted by molar-refractivity contribution is 0.377. The SMILES string of the molecule is Cc1noc(CCNc2cc(C)c(N)cn2)n1. The molecule has 3 N–H and O–H groups in total. The Labute approximate surface area is 99.2 Å². The van der Waals surface area contributed by atoms with Gasteiger partial charge in [0.2, 0.25) is 5.89 Å². The van der Waals surface area contributed by atoms with Crippen molar-refractivity contribution in [1.29, 1.82) is 0 Å². The van der Waals surface area contributed by atoms with E-state index < -0.39 is 0 Å². The molecule has 0 aliphatic carbocycles. The fraction of sp³-hybridized carbons (Fsp3) is 0.364. The van der Waals surface area contributed by atoms with E-state index in [9.17, 15) is 0 Å². The second-order valence-electron chi connectivity index (χ2n) is 3.84. The number of aromatic nitrogens is 3. The number of nitrogens with two attached hydrogens (primary N) is 1. The number of hydrogen-bond donors (Lipinski definition) is 2. The number of nitrogens with one attached hydrogen (secondary N) is 1. The minimum Gasteiger partial charge on any atom is -0.397 e. The first-order valence-electron chi connectivity index (χ1n) is 5.40. The van der Waals surface area contributed by atoms with E-state index in [0.717, 1.165) is 11.4 Å². The summed E-state index contributed by atoms with van der Waals surface area (Å²) in [7, 11) is 0. The molecule has 2 aromatic heterocycles. The smallest absolute Gasteiger partial charge is 0.228 e. The molecule has 0 aromatic carbocycles. The van der Waals surface area contributed by atoms with Gasteiger partial charge in [-0.3, -0.25) is 0 Å². The summed E-state index contributed by atoms with van der Waals surface area (Å²) in [5, 5.41) is 6.90. The maximum Gasteiger partial charge on any atom is 0.228 e. The first kappa shape index (κ1) is 11.4. The number of hydrogen-bond acceptors (Lipinski definition) is 6. The van der Waals surface area contributed by atoms with Crippen molar-refractivity contribution in [2.24, 2.45) is 0 Å². The van der Waals surface area contributed by atoms with Crippen molar-refractivity contribution in [2.45, 2.75) is 20.3 Å². The molecular formula is C11H15N5O. The van der Waals surface area contributed by atoms with Crippen LogP contribution >= 0.6 is 0 Å². The maximum absolute atomic E-state index is 5.69. The monoisotopic (exact) mass is 233 g/mol. The molecule has 2 aromatic rings. The highest BCUT2D eigenvalue weighted by Gasteiger charge is 2.02. The van der Waals surface area contributed by atoms with E-state index in [4.69, 9.17) is 10.3 Å². The maximum atomic E-state index is 5.69. The first-order valence-corrected chi connectivity index (χ1v) is 5.40. The van der Waals surface area contributed by atoms with Gasteiger partial charge in [0.15, 0.2) is 5.82 Å². The molecule has 0 amide bonds. The normalized spacial score (nSPS) is 10.5. The number of nitrogens with zero attached hydrogens (tertiary/aromatic N) is 3. The molecule has 6 nitrogen and oxygen atoms in total. The summed E-state index contributed by atoms with van der Waals surface area (Å²) in [4.78, 5) is 8.29. The zero-order valence-corrected chi connectivity index (χ0v) is 9.90. The van der Waals surface area contributed by atoms with E-state index in [1.807, 2.05) is 13.0 Å². The van der Waals surface area contributed by atoms with Crippen LogP contribution in [-0.4, -0.2) is 21.7 Å². The Morgan fingerprint density at radius 3 is 2.88 bits per heavy atom. The van der Waals surface area contributed by atoms with Gasteiger partial charge in [0.25, 0.3) is 0 Å². The van der Waals surface area contributed by atoms with Crippen molar-refractivity contribution in [3.05, 3.63) is 29.5 Å². The second kappa shape index (κ2) is 4.82. The van der Waals surface area contributed by atoms with Gasteiger partial charge in [-0.15, -0.1) is 0 Å². The molecule has 0 spiro atoms. The van der Waals surface area contributed by atoms with Crippen molar-refractivity contribution >= 4 is 11.5 Å². The third-order valence-electron chi connectivity index (χ3n) is 2.37. The van der Waals surface area contributed by atoms with Crippen LogP contribution in [0, 0.1) is 13.8 Å². The highest BCUT2D eigenvalue weighted by atomic mass is 16.5. The standard InChI is InChI=1S/C11H15N5O/c1-7-5-10(14-6-9(7)12)13-4-3-11-15-8(2)16-17-11/h5-6H,3-4,12H2,1-2H3,(H,13,14). The minimum absolute atomic E-state index is 0.627. The van der Waals surface area contributed by atoms with Gasteiger partial charge in [-0.05, 0) is 25.5 Å². The minimum atomic E-state index is 0.627. The van der Waals surface area contributed by atoms with Gasteiger partial charge in [-0.2, -0.15) is 4.98 Å².